The fraction of sp³-hybridized carbons (Fsp3) is 0.0323. The van der Waals surface area contributed by atoms with Crippen molar-refractivity contribution in [2.24, 2.45) is 0 Å². The molecule has 1 heterocycles. The number of nitrogens with zero attached hydrogens (tertiary/aromatic N) is 2. The van der Waals surface area contributed by atoms with Gasteiger partial charge in [0, 0.05) is 39.0 Å². The molecule has 0 spiro atoms. The van der Waals surface area contributed by atoms with Crippen LogP contribution in [0.1, 0.15) is 17.5 Å². The van der Waals surface area contributed by atoms with Crippen molar-refractivity contribution in [2.45, 2.75) is 12.8 Å². The van der Waals surface area contributed by atoms with Crippen molar-refractivity contribution in [1.82, 2.24) is 4.57 Å². The molecule has 0 radical (unpaired) electrons. The number of hydrogen-bond acceptors (Lipinski definition) is 1. The molecule has 12 rings (SSSR count). The molecule has 0 fully saturated rings. The number of allylic oxidation sites excluding steroid dienone is 1. The smallest absolute Gasteiger partial charge is 0.0616 e. The van der Waals surface area contributed by atoms with Gasteiger partial charge in [-0.1, -0.05) is 194 Å². The van der Waals surface area contributed by atoms with Crippen LogP contribution in [0, 0.1) is 0 Å². The number of hydrogen-bond donors (Lipinski definition) is 0. The first-order chi connectivity index (χ1) is 31.7. The van der Waals surface area contributed by atoms with E-state index in [-0.39, 0.29) is 0 Å². The molecule has 1 aliphatic carbocycles. The third-order valence-corrected chi connectivity index (χ3v) is 13.1. The highest BCUT2D eigenvalue weighted by Gasteiger charge is 2.21. The molecule has 302 valence electrons. The number of para-hydroxylation sites is 2. The third kappa shape index (κ3) is 6.60. The van der Waals surface area contributed by atoms with Crippen molar-refractivity contribution in [3.05, 3.63) is 248 Å². The predicted octanol–water partition coefficient (Wildman–Crippen LogP) is 17.0. The van der Waals surface area contributed by atoms with Crippen molar-refractivity contribution in [3.8, 4) is 50.2 Å². The molecule has 2 nitrogen and oxygen atoms in total. The second-order valence-corrected chi connectivity index (χ2v) is 16.8. The predicted molar refractivity (Wildman–Crippen MR) is 272 cm³/mol. The van der Waals surface area contributed by atoms with Gasteiger partial charge < -0.3 is 9.47 Å². The molecule has 0 saturated carbocycles. The molecule has 64 heavy (non-hydrogen) atoms. The van der Waals surface area contributed by atoms with Crippen LogP contribution < -0.4 is 4.90 Å². The van der Waals surface area contributed by atoms with Gasteiger partial charge in [-0.2, -0.15) is 0 Å². The fourth-order valence-electron chi connectivity index (χ4n) is 9.95. The van der Waals surface area contributed by atoms with Crippen molar-refractivity contribution in [1.29, 1.82) is 0 Å². The van der Waals surface area contributed by atoms with Crippen LogP contribution in [0.15, 0.2) is 237 Å². The van der Waals surface area contributed by atoms with E-state index in [1.165, 1.54) is 93.9 Å². The zero-order valence-corrected chi connectivity index (χ0v) is 35.4. The average molecular weight is 817 g/mol. The van der Waals surface area contributed by atoms with E-state index in [1.54, 1.807) is 0 Å². The lowest BCUT2D eigenvalue weighted by atomic mass is 9.94. The molecule has 0 saturated heterocycles. The number of aryl methyl sites for hydroxylation is 1. The average Bonchev–Trinajstić information content (AvgIpc) is 3.72. The molecule has 2 heteroatoms. The van der Waals surface area contributed by atoms with E-state index >= 15 is 0 Å². The summed E-state index contributed by atoms with van der Waals surface area (Å²) < 4.78 is 2.50. The topological polar surface area (TPSA) is 8.17 Å². The maximum atomic E-state index is 2.50. The Bertz CT molecular complexity index is 3520. The SMILES string of the molecule is C1=Cc2c(ccc3c4ccccc4n(-c4ccccc4-c4ccc(N(c5ccc(-c6ccc(-c7ccccc7)cc6)cc5)c5cccc(-c6cccc7ccccc67)c5)cc4)c23)CC1. The quantitative estimate of drug-likeness (QED) is 0.148. The van der Waals surface area contributed by atoms with Gasteiger partial charge in [-0.3, -0.25) is 0 Å². The minimum atomic E-state index is 1.07. The summed E-state index contributed by atoms with van der Waals surface area (Å²) in [6, 6.07) is 84.2. The number of fused-ring (bicyclic) bond motifs is 6. The molecule has 0 aliphatic heterocycles. The molecular formula is C62H44N2. The lowest BCUT2D eigenvalue weighted by Gasteiger charge is -2.27. The third-order valence-electron chi connectivity index (χ3n) is 13.1. The van der Waals surface area contributed by atoms with Gasteiger partial charge in [0.15, 0.2) is 0 Å². The maximum Gasteiger partial charge on any atom is 0.0616 e. The summed E-state index contributed by atoms with van der Waals surface area (Å²) >= 11 is 0. The molecule has 1 aromatic heterocycles. The highest BCUT2D eigenvalue weighted by Crippen LogP contribution is 2.43. The normalized spacial score (nSPS) is 12.2. The zero-order valence-electron chi connectivity index (χ0n) is 35.4. The lowest BCUT2D eigenvalue weighted by Crippen LogP contribution is -2.10. The van der Waals surface area contributed by atoms with E-state index in [0.29, 0.717) is 0 Å². The fourth-order valence-corrected chi connectivity index (χ4v) is 9.95. The first-order valence-corrected chi connectivity index (χ1v) is 22.3. The molecule has 0 amide bonds. The molecule has 0 bridgehead atoms. The van der Waals surface area contributed by atoms with Crippen LogP contribution in [0.25, 0.3) is 88.8 Å². The molecule has 11 aromatic rings. The van der Waals surface area contributed by atoms with Gasteiger partial charge in [-0.05, 0) is 117 Å². The Balaban J connectivity index is 0.961. The molecule has 0 N–H and O–H groups in total. The Morgan fingerprint density at radius 1 is 0.375 bits per heavy atom. The number of anilines is 3. The Morgan fingerprint density at radius 3 is 1.73 bits per heavy atom. The highest BCUT2D eigenvalue weighted by molar-refractivity contribution is 6.12. The first kappa shape index (κ1) is 37.6. The van der Waals surface area contributed by atoms with E-state index in [2.05, 4.69) is 252 Å². The summed E-state index contributed by atoms with van der Waals surface area (Å²) in [5.74, 6) is 0. The Kier molecular flexibility index (Phi) is 9.34. The Morgan fingerprint density at radius 2 is 0.953 bits per heavy atom. The first-order valence-electron chi connectivity index (χ1n) is 22.3. The number of rotatable bonds is 8. The summed E-state index contributed by atoms with van der Waals surface area (Å²) in [7, 11) is 0. The van der Waals surface area contributed by atoms with Gasteiger partial charge in [-0.15, -0.1) is 0 Å². The molecular weight excluding hydrogens is 773 g/mol. The van der Waals surface area contributed by atoms with Gasteiger partial charge in [0.25, 0.3) is 0 Å². The summed E-state index contributed by atoms with van der Waals surface area (Å²) in [6.07, 6.45) is 6.82. The van der Waals surface area contributed by atoms with Crippen molar-refractivity contribution in [2.75, 3.05) is 4.90 Å². The minimum absolute atomic E-state index is 1.07. The van der Waals surface area contributed by atoms with Crippen LogP contribution in [-0.2, 0) is 6.42 Å². The second-order valence-electron chi connectivity index (χ2n) is 16.8. The second kappa shape index (κ2) is 15.9. The van der Waals surface area contributed by atoms with Gasteiger partial charge in [0.05, 0.1) is 16.7 Å². The Hall–Kier alpha value is -8.20. The largest absolute Gasteiger partial charge is 0.310 e. The van der Waals surface area contributed by atoms with Crippen LogP contribution in [0.3, 0.4) is 0 Å². The van der Waals surface area contributed by atoms with E-state index in [1.807, 2.05) is 0 Å². The lowest BCUT2D eigenvalue weighted by molar-refractivity contribution is 0.986. The summed E-state index contributed by atoms with van der Waals surface area (Å²) in [6.45, 7) is 0. The number of aromatic nitrogens is 1. The van der Waals surface area contributed by atoms with Crippen molar-refractivity contribution < 1.29 is 0 Å². The van der Waals surface area contributed by atoms with Gasteiger partial charge in [0.1, 0.15) is 0 Å². The van der Waals surface area contributed by atoms with Crippen LogP contribution in [0.5, 0.6) is 0 Å². The van der Waals surface area contributed by atoms with Crippen LogP contribution in [0.4, 0.5) is 17.1 Å². The van der Waals surface area contributed by atoms with E-state index < -0.39 is 0 Å². The Labute approximate surface area is 374 Å². The van der Waals surface area contributed by atoms with Crippen LogP contribution in [-0.4, -0.2) is 4.57 Å². The molecule has 0 atom stereocenters. The summed E-state index contributed by atoms with van der Waals surface area (Å²) in [5.41, 5.74) is 19.3. The molecule has 0 unspecified atom stereocenters. The van der Waals surface area contributed by atoms with Gasteiger partial charge >= 0.3 is 0 Å². The van der Waals surface area contributed by atoms with Crippen molar-refractivity contribution >= 4 is 55.7 Å². The summed E-state index contributed by atoms with van der Waals surface area (Å²) in [5, 5.41) is 5.06. The number of benzene rings is 10. The van der Waals surface area contributed by atoms with E-state index in [9.17, 15) is 0 Å². The van der Waals surface area contributed by atoms with Crippen molar-refractivity contribution in [3.63, 3.8) is 0 Å². The summed E-state index contributed by atoms with van der Waals surface area (Å²) in [4.78, 5) is 2.39. The molecule has 1 aliphatic rings. The molecule has 10 aromatic carbocycles. The van der Waals surface area contributed by atoms with Crippen LogP contribution >= 0.6 is 0 Å². The van der Waals surface area contributed by atoms with E-state index in [0.717, 1.165) is 29.9 Å². The van der Waals surface area contributed by atoms with Gasteiger partial charge in [0.2, 0.25) is 0 Å². The highest BCUT2D eigenvalue weighted by atomic mass is 15.1. The van der Waals surface area contributed by atoms with Crippen LogP contribution in [0.2, 0.25) is 0 Å². The maximum absolute atomic E-state index is 2.50. The minimum Gasteiger partial charge on any atom is -0.310 e. The monoisotopic (exact) mass is 816 g/mol. The zero-order chi connectivity index (χ0) is 42.4. The van der Waals surface area contributed by atoms with E-state index in [4.69, 9.17) is 0 Å². The standard InChI is InChI=1S/C62H44N2/c1-2-14-43(15-3-1)44-28-30-45(31-29-44)46-32-37-51(38-33-46)63(53-20-12-19-50(42-53)55-25-13-18-47-16-4-6-21-54(47)55)52-39-34-49(35-40-52)56-22-8-10-26-60(56)64-61-27-11-9-24-58(61)59-41-36-48-17-5-7-23-57(48)62(59)64/h1-4,6-16,18-42H,5,17H2. The van der Waals surface area contributed by atoms with Gasteiger partial charge in [-0.25, -0.2) is 0 Å².